The lowest BCUT2D eigenvalue weighted by atomic mass is 9.82. The van der Waals surface area contributed by atoms with E-state index in [1.54, 1.807) is 0 Å². The van der Waals surface area contributed by atoms with Crippen LogP contribution in [0.2, 0.25) is 0 Å². The Morgan fingerprint density at radius 3 is 2.77 bits per heavy atom. The number of oxime groups is 1. The highest BCUT2D eigenvalue weighted by Gasteiger charge is 2.18. The molecule has 0 aromatic carbocycles. The molecule has 0 aliphatic heterocycles. The van der Waals surface area contributed by atoms with Crippen LogP contribution in [0, 0.1) is 5.92 Å². The SMILES string of the molecule is CC(CC1CCC1)=NOCC(=O)O. The normalized spacial score (nSPS) is 18.1. The van der Waals surface area contributed by atoms with E-state index in [1.165, 1.54) is 19.3 Å². The molecular formula is C9H15NO3. The van der Waals surface area contributed by atoms with Crippen LogP contribution < -0.4 is 0 Å². The van der Waals surface area contributed by atoms with Crippen LogP contribution in [0.25, 0.3) is 0 Å². The average Bonchev–Trinajstić information content (AvgIpc) is 1.96. The molecule has 0 heterocycles. The van der Waals surface area contributed by atoms with Crippen molar-refractivity contribution in [2.45, 2.75) is 32.6 Å². The molecule has 1 rings (SSSR count). The number of nitrogens with zero attached hydrogens (tertiary/aromatic N) is 1. The van der Waals surface area contributed by atoms with Crippen molar-refractivity contribution in [1.82, 2.24) is 0 Å². The standard InChI is InChI=1S/C9H15NO3/c1-7(5-8-3-2-4-8)10-13-6-9(11)12/h8H,2-6H2,1H3,(H,11,12). The molecule has 1 fully saturated rings. The first-order valence-electron chi connectivity index (χ1n) is 4.55. The predicted octanol–water partition coefficient (Wildman–Crippen LogP) is 1.65. The Hall–Kier alpha value is -1.06. The minimum absolute atomic E-state index is 0.345. The van der Waals surface area contributed by atoms with E-state index in [1.807, 2.05) is 6.92 Å². The van der Waals surface area contributed by atoms with Crippen molar-refractivity contribution in [3.05, 3.63) is 0 Å². The number of carbonyl (C=O) groups is 1. The molecule has 0 spiro atoms. The van der Waals surface area contributed by atoms with Crippen LogP contribution in [0.15, 0.2) is 5.16 Å². The van der Waals surface area contributed by atoms with Gasteiger partial charge in [-0.2, -0.15) is 0 Å². The summed E-state index contributed by atoms with van der Waals surface area (Å²) in [5, 5.41) is 12.0. The van der Waals surface area contributed by atoms with E-state index in [2.05, 4.69) is 9.99 Å². The van der Waals surface area contributed by atoms with Gasteiger partial charge in [-0.25, -0.2) is 4.79 Å². The van der Waals surface area contributed by atoms with Gasteiger partial charge in [-0.1, -0.05) is 24.4 Å². The summed E-state index contributed by atoms with van der Waals surface area (Å²) in [6.07, 6.45) is 4.80. The fraction of sp³-hybridized carbons (Fsp3) is 0.778. The van der Waals surface area contributed by atoms with Crippen molar-refractivity contribution in [2.24, 2.45) is 11.1 Å². The molecule has 74 valence electrons. The predicted molar refractivity (Wildman–Crippen MR) is 48.7 cm³/mol. The number of aliphatic carboxylic acids is 1. The van der Waals surface area contributed by atoms with E-state index >= 15 is 0 Å². The van der Waals surface area contributed by atoms with E-state index in [0.29, 0.717) is 0 Å². The molecule has 4 nitrogen and oxygen atoms in total. The molecule has 0 bridgehead atoms. The lowest BCUT2D eigenvalue weighted by Gasteiger charge is -2.24. The van der Waals surface area contributed by atoms with Crippen LogP contribution in [-0.2, 0) is 9.63 Å². The monoisotopic (exact) mass is 185 g/mol. The fourth-order valence-corrected chi connectivity index (χ4v) is 1.35. The maximum absolute atomic E-state index is 10.1. The van der Waals surface area contributed by atoms with E-state index in [0.717, 1.165) is 18.1 Å². The lowest BCUT2D eigenvalue weighted by molar-refractivity contribution is -0.142. The summed E-state index contributed by atoms with van der Waals surface area (Å²) in [4.78, 5) is 14.7. The summed E-state index contributed by atoms with van der Waals surface area (Å²) < 4.78 is 0. The minimum Gasteiger partial charge on any atom is -0.479 e. The summed E-state index contributed by atoms with van der Waals surface area (Å²) in [5.41, 5.74) is 0.894. The summed E-state index contributed by atoms with van der Waals surface area (Å²) >= 11 is 0. The van der Waals surface area contributed by atoms with E-state index in [-0.39, 0.29) is 6.61 Å². The van der Waals surface area contributed by atoms with E-state index in [4.69, 9.17) is 5.11 Å². The quantitative estimate of drug-likeness (QED) is 0.523. The van der Waals surface area contributed by atoms with Crippen molar-refractivity contribution in [2.75, 3.05) is 6.61 Å². The van der Waals surface area contributed by atoms with Crippen LogP contribution >= 0.6 is 0 Å². The molecule has 1 saturated carbocycles. The second-order valence-corrected chi connectivity index (χ2v) is 3.49. The van der Waals surface area contributed by atoms with Crippen LogP contribution in [0.4, 0.5) is 0 Å². The average molecular weight is 185 g/mol. The van der Waals surface area contributed by atoms with Crippen molar-refractivity contribution in [3.63, 3.8) is 0 Å². The Kier molecular flexibility index (Phi) is 3.73. The second kappa shape index (κ2) is 4.84. The molecule has 0 radical (unpaired) electrons. The van der Waals surface area contributed by atoms with E-state index < -0.39 is 5.97 Å². The molecule has 0 aromatic rings. The first-order chi connectivity index (χ1) is 6.18. The van der Waals surface area contributed by atoms with Gasteiger partial charge >= 0.3 is 5.97 Å². The third-order valence-electron chi connectivity index (χ3n) is 2.22. The maximum Gasteiger partial charge on any atom is 0.344 e. The fourth-order valence-electron chi connectivity index (χ4n) is 1.35. The third kappa shape index (κ3) is 3.92. The van der Waals surface area contributed by atoms with Crippen molar-refractivity contribution in [1.29, 1.82) is 0 Å². The topological polar surface area (TPSA) is 58.9 Å². The van der Waals surface area contributed by atoms with Crippen LogP contribution in [-0.4, -0.2) is 23.4 Å². The molecule has 0 atom stereocenters. The largest absolute Gasteiger partial charge is 0.479 e. The van der Waals surface area contributed by atoms with Crippen molar-refractivity contribution >= 4 is 11.7 Å². The molecule has 0 aromatic heterocycles. The van der Waals surface area contributed by atoms with Gasteiger partial charge in [-0.15, -0.1) is 0 Å². The first kappa shape index (κ1) is 10.0. The molecule has 0 saturated heterocycles. The Bertz CT molecular complexity index is 209. The zero-order valence-electron chi connectivity index (χ0n) is 7.82. The second-order valence-electron chi connectivity index (χ2n) is 3.49. The molecule has 13 heavy (non-hydrogen) atoms. The Morgan fingerprint density at radius 2 is 2.31 bits per heavy atom. The molecule has 4 heteroatoms. The van der Waals surface area contributed by atoms with Crippen LogP contribution in [0.5, 0.6) is 0 Å². The summed E-state index contributed by atoms with van der Waals surface area (Å²) in [7, 11) is 0. The highest BCUT2D eigenvalue weighted by Crippen LogP contribution is 2.29. The molecule has 0 amide bonds. The van der Waals surface area contributed by atoms with Crippen LogP contribution in [0.1, 0.15) is 32.6 Å². The van der Waals surface area contributed by atoms with Gasteiger partial charge in [0.25, 0.3) is 0 Å². The van der Waals surface area contributed by atoms with Crippen molar-refractivity contribution in [3.8, 4) is 0 Å². The number of carboxylic acid groups (broad SMARTS) is 1. The van der Waals surface area contributed by atoms with Crippen molar-refractivity contribution < 1.29 is 14.7 Å². The highest BCUT2D eigenvalue weighted by atomic mass is 16.6. The minimum atomic E-state index is -0.986. The van der Waals surface area contributed by atoms with Gasteiger partial charge in [0.2, 0.25) is 6.61 Å². The Morgan fingerprint density at radius 1 is 1.62 bits per heavy atom. The Labute approximate surface area is 77.6 Å². The molecule has 0 unspecified atom stereocenters. The van der Waals surface area contributed by atoms with Gasteiger partial charge in [0, 0.05) is 0 Å². The van der Waals surface area contributed by atoms with Gasteiger partial charge < -0.3 is 9.94 Å². The molecule has 1 N–H and O–H groups in total. The van der Waals surface area contributed by atoms with Gasteiger partial charge in [0.15, 0.2) is 0 Å². The zero-order chi connectivity index (χ0) is 9.68. The van der Waals surface area contributed by atoms with Gasteiger partial charge in [-0.3, -0.25) is 0 Å². The maximum atomic E-state index is 10.1. The highest BCUT2D eigenvalue weighted by molar-refractivity contribution is 5.81. The van der Waals surface area contributed by atoms with Gasteiger partial charge in [0.1, 0.15) is 0 Å². The number of hydrogen-bond donors (Lipinski definition) is 1. The number of carboxylic acids is 1. The smallest absolute Gasteiger partial charge is 0.344 e. The first-order valence-corrected chi connectivity index (χ1v) is 4.55. The van der Waals surface area contributed by atoms with Gasteiger partial charge in [0.05, 0.1) is 5.71 Å². The number of rotatable bonds is 5. The van der Waals surface area contributed by atoms with Gasteiger partial charge in [-0.05, 0) is 19.3 Å². The molecule has 1 aliphatic rings. The molecule has 1 aliphatic carbocycles. The Balaban J connectivity index is 2.13. The lowest BCUT2D eigenvalue weighted by Crippen LogP contribution is -2.14. The third-order valence-corrected chi connectivity index (χ3v) is 2.22. The summed E-state index contributed by atoms with van der Waals surface area (Å²) in [6, 6.07) is 0. The molecular weight excluding hydrogens is 170 g/mol. The zero-order valence-corrected chi connectivity index (χ0v) is 7.82. The summed E-state index contributed by atoms with van der Waals surface area (Å²) in [6.45, 7) is 1.53. The van der Waals surface area contributed by atoms with E-state index in [9.17, 15) is 4.79 Å². The number of hydrogen-bond acceptors (Lipinski definition) is 3. The van der Waals surface area contributed by atoms with Crippen LogP contribution in [0.3, 0.4) is 0 Å². The summed E-state index contributed by atoms with van der Waals surface area (Å²) in [5.74, 6) is -0.239.